The molecule has 1 fully saturated rings. The molecule has 2 aromatic carbocycles. The van der Waals surface area contributed by atoms with Crippen molar-refractivity contribution in [3.05, 3.63) is 103 Å². The van der Waals surface area contributed by atoms with E-state index in [2.05, 4.69) is 25.0 Å². The van der Waals surface area contributed by atoms with Crippen molar-refractivity contribution in [1.29, 1.82) is 0 Å². The summed E-state index contributed by atoms with van der Waals surface area (Å²) in [6.45, 7) is 2.03. The summed E-state index contributed by atoms with van der Waals surface area (Å²) < 4.78 is 0. The molecule has 1 heteroatoms. The van der Waals surface area contributed by atoms with Crippen LogP contribution in [0, 0.1) is 37.5 Å². The summed E-state index contributed by atoms with van der Waals surface area (Å²) in [7, 11) is 0. The molecule has 0 aromatic heterocycles. The monoisotopic (exact) mass is 287 g/mol. The fourth-order valence-corrected chi connectivity index (χ4v) is 3.04. The number of ketones is 1. The van der Waals surface area contributed by atoms with Crippen LogP contribution in [0.2, 0.25) is 0 Å². The first-order valence-corrected chi connectivity index (χ1v) is 7.63. The van der Waals surface area contributed by atoms with Crippen LogP contribution in [0.15, 0.2) is 60.7 Å². The average molecular weight is 287 g/mol. The summed E-state index contributed by atoms with van der Waals surface area (Å²) >= 11 is 0. The number of rotatable bonds is 5. The molecule has 1 nitrogen and oxygen atoms in total. The maximum absolute atomic E-state index is 12.9. The van der Waals surface area contributed by atoms with Crippen LogP contribution in [0.3, 0.4) is 0 Å². The molecule has 2 aromatic rings. The van der Waals surface area contributed by atoms with E-state index in [1.165, 1.54) is 11.5 Å². The summed E-state index contributed by atoms with van der Waals surface area (Å²) in [5.41, 5.74) is 1.97. The van der Waals surface area contributed by atoms with E-state index in [4.69, 9.17) is 0 Å². The van der Waals surface area contributed by atoms with Crippen LogP contribution in [-0.2, 0) is 0 Å². The molecule has 1 saturated carbocycles. The molecule has 1 aliphatic rings. The number of hydrogen-bond acceptors (Lipinski definition) is 1. The van der Waals surface area contributed by atoms with Gasteiger partial charge in [-0.05, 0) is 37.2 Å². The molecule has 3 rings (SSSR count). The maximum Gasteiger partial charge on any atom is 0.166 e. The molecule has 0 aliphatic heterocycles. The van der Waals surface area contributed by atoms with Crippen LogP contribution < -0.4 is 0 Å². The number of benzene rings is 2. The maximum atomic E-state index is 12.9. The first-order chi connectivity index (χ1) is 10.8. The summed E-state index contributed by atoms with van der Waals surface area (Å²) in [6, 6.07) is 19.8. The van der Waals surface area contributed by atoms with E-state index in [-0.39, 0.29) is 17.6 Å². The van der Waals surface area contributed by atoms with Gasteiger partial charge in [0.1, 0.15) is 0 Å². The Labute approximate surface area is 133 Å². The minimum Gasteiger partial charge on any atom is -0.294 e. The zero-order chi connectivity index (χ0) is 15.4. The second-order valence-electron chi connectivity index (χ2n) is 5.63. The van der Waals surface area contributed by atoms with Gasteiger partial charge in [-0.15, -0.1) is 0 Å². The Morgan fingerprint density at radius 1 is 0.818 bits per heavy atom. The number of Topliss-reactive ketones (excluding diaryl/α,β-unsaturated/α-hetero) is 1. The summed E-state index contributed by atoms with van der Waals surface area (Å²) in [5.74, 6) is 1.37. The molecule has 0 unspecified atom stereocenters. The Morgan fingerprint density at radius 3 is 1.95 bits per heavy atom. The van der Waals surface area contributed by atoms with E-state index in [0.717, 1.165) is 5.56 Å². The SMILES string of the molecule is C[C@@H](C(=O)c1ccccc1)[C@@H]([C]1[CH][CH][CH][CH]1)c1ccccc1. The van der Waals surface area contributed by atoms with Gasteiger partial charge in [-0.25, -0.2) is 0 Å². The molecular weight excluding hydrogens is 268 g/mol. The van der Waals surface area contributed by atoms with Crippen molar-refractivity contribution < 1.29 is 4.79 Å². The Balaban J connectivity index is 1.90. The first kappa shape index (κ1) is 15.0. The van der Waals surface area contributed by atoms with Crippen molar-refractivity contribution in [3.8, 4) is 0 Å². The number of carbonyl (C=O) groups is 1. The van der Waals surface area contributed by atoms with Crippen molar-refractivity contribution in [2.24, 2.45) is 5.92 Å². The van der Waals surface area contributed by atoms with Gasteiger partial charge in [-0.1, -0.05) is 67.6 Å². The molecule has 109 valence electrons. The minimum atomic E-state index is -0.104. The number of carbonyl (C=O) groups excluding carboxylic acids is 1. The van der Waals surface area contributed by atoms with Gasteiger partial charge in [-0.3, -0.25) is 4.79 Å². The second-order valence-corrected chi connectivity index (χ2v) is 5.63. The molecule has 2 atom stereocenters. The third-order valence-corrected chi connectivity index (χ3v) is 4.18. The highest BCUT2D eigenvalue weighted by molar-refractivity contribution is 5.98. The molecule has 0 heterocycles. The molecule has 0 bridgehead atoms. The van der Waals surface area contributed by atoms with Gasteiger partial charge in [0.15, 0.2) is 5.78 Å². The summed E-state index contributed by atoms with van der Waals surface area (Å²) in [4.78, 5) is 12.9. The van der Waals surface area contributed by atoms with E-state index in [0.29, 0.717) is 0 Å². The van der Waals surface area contributed by atoms with Gasteiger partial charge in [0.05, 0.1) is 0 Å². The smallest absolute Gasteiger partial charge is 0.166 e. The van der Waals surface area contributed by atoms with Gasteiger partial charge in [-0.2, -0.15) is 0 Å². The molecule has 0 spiro atoms. The Bertz CT molecular complexity index is 596. The Hall–Kier alpha value is -1.89. The van der Waals surface area contributed by atoms with Gasteiger partial charge >= 0.3 is 0 Å². The highest BCUT2D eigenvalue weighted by Crippen LogP contribution is 2.42. The molecule has 0 saturated heterocycles. The van der Waals surface area contributed by atoms with E-state index in [1.54, 1.807) is 0 Å². The predicted octanol–water partition coefficient (Wildman–Crippen LogP) is 4.69. The lowest BCUT2D eigenvalue weighted by Gasteiger charge is -2.28. The van der Waals surface area contributed by atoms with Crippen molar-refractivity contribution >= 4 is 5.78 Å². The van der Waals surface area contributed by atoms with Crippen LogP contribution in [0.5, 0.6) is 0 Å². The molecule has 0 amide bonds. The average Bonchev–Trinajstić information content (AvgIpc) is 3.10. The van der Waals surface area contributed by atoms with Crippen LogP contribution in [0.25, 0.3) is 0 Å². The van der Waals surface area contributed by atoms with E-state index >= 15 is 0 Å². The minimum absolute atomic E-state index is 0.0870. The Morgan fingerprint density at radius 2 is 1.36 bits per heavy atom. The van der Waals surface area contributed by atoms with E-state index in [9.17, 15) is 4.79 Å². The number of hydrogen-bond donors (Lipinski definition) is 0. The zero-order valence-electron chi connectivity index (χ0n) is 12.6. The second kappa shape index (κ2) is 6.91. The lowest BCUT2D eigenvalue weighted by Crippen LogP contribution is -2.24. The summed E-state index contributed by atoms with van der Waals surface area (Å²) in [6.07, 6.45) is 8.27. The lowest BCUT2D eigenvalue weighted by atomic mass is 9.74. The highest BCUT2D eigenvalue weighted by Gasteiger charge is 2.35. The molecule has 22 heavy (non-hydrogen) atoms. The van der Waals surface area contributed by atoms with Gasteiger partial charge < -0.3 is 0 Å². The molecule has 0 N–H and O–H groups in total. The van der Waals surface area contributed by atoms with Crippen molar-refractivity contribution in [2.75, 3.05) is 0 Å². The van der Waals surface area contributed by atoms with Crippen LogP contribution in [0.4, 0.5) is 0 Å². The van der Waals surface area contributed by atoms with E-state index in [1.807, 2.05) is 68.3 Å². The fourth-order valence-electron chi connectivity index (χ4n) is 3.04. The Kier molecular flexibility index (Phi) is 4.72. The molecule has 1 aliphatic carbocycles. The first-order valence-electron chi connectivity index (χ1n) is 7.63. The van der Waals surface area contributed by atoms with Gasteiger partial charge in [0.2, 0.25) is 0 Å². The van der Waals surface area contributed by atoms with Crippen LogP contribution in [-0.4, -0.2) is 5.78 Å². The standard InChI is InChI=1S/C21H19O/c1-16(21(22)19-14-6-3-7-15-19)20(18-12-8-9-13-18)17-10-4-2-5-11-17/h2-16,20H,1H3/t16-,20-/m1/s1. The van der Waals surface area contributed by atoms with Crippen molar-refractivity contribution in [2.45, 2.75) is 12.8 Å². The van der Waals surface area contributed by atoms with Crippen LogP contribution >= 0.6 is 0 Å². The highest BCUT2D eigenvalue weighted by atomic mass is 16.1. The predicted molar refractivity (Wildman–Crippen MR) is 89.6 cm³/mol. The van der Waals surface area contributed by atoms with Gasteiger partial charge in [0, 0.05) is 17.4 Å². The molecule has 5 radical (unpaired) electrons. The fraction of sp³-hybridized carbons (Fsp3) is 0.143. The van der Waals surface area contributed by atoms with Gasteiger partial charge in [0.25, 0.3) is 0 Å². The quantitative estimate of drug-likeness (QED) is 0.729. The van der Waals surface area contributed by atoms with Crippen molar-refractivity contribution in [1.82, 2.24) is 0 Å². The summed E-state index contributed by atoms with van der Waals surface area (Å²) in [5, 5.41) is 0. The lowest BCUT2D eigenvalue weighted by molar-refractivity contribution is 0.0915. The molecular formula is C21H19O. The van der Waals surface area contributed by atoms with E-state index < -0.39 is 0 Å². The van der Waals surface area contributed by atoms with Crippen molar-refractivity contribution in [3.63, 3.8) is 0 Å². The topological polar surface area (TPSA) is 17.1 Å². The zero-order valence-corrected chi connectivity index (χ0v) is 12.6. The third-order valence-electron chi connectivity index (χ3n) is 4.18. The largest absolute Gasteiger partial charge is 0.294 e. The third kappa shape index (κ3) is 3.14. The van der Waals surface area contributed by atoms with Crippen LogP contribution in [0.1, 0.15) is 28.8 Å². The normalized spacial score (nSPS) is 18.0.